The smallest absolute Gasteiger partial charge is 0.295 e. The molecule has 0 radical (unpaired) electrons. The van der Waals surface area contributed by atoms with Gasteiger partial charge in [-0.25, -0.2) is 0 Å². The third kappa shape index (κ3) is 17.0. The first kappa shape index (κ1) is 73.9. The molecule has 3 fully saturated rings. The van der Waals surface area contributed by atoms with Crippen molar-refractivity contribution in [2.24, 2.45) is 21.1 Å². The number of likely N-dealkylation sites (tertiary alicyclic amines) is 3. The number of aliphatic hydroxyl groups is 1. The second kappa shape index (κ2) is 33.1. The van der Waals surface area contributed by atoms with Crippen LogP contribution in [0.2, 0.25) is 30.1 Å². The number of ether oxygens (including phenoxy) is 3. The lowest BCUT2D eigenvalue weighted by Gasteiger charge is -2.36. The zero-order chi connectivity index (χ0) is 70.2. The molecule has 0 saturated carbocycles. The summed E-state index contributed by atoms with van der Waals surface area (Å²) in [6.45, 7) is 6.88. The summed E-state index contributed by atoms with van der Waals surface area (Å²) in [6.07, 6.45) is 5.05. The molecule has 520 valence electrons. The number of ketones is 2. The fourth-order valence-corrected chi connectivity index (χ4v) is 14.9. The van der Waals surface area contributed by atoms with Crippen LogP contribution in [0.1, 0.15) is 88.0 Å². The largest absolute Gasteiger partial charge is 0.486 e. The van der Waals surface area contributed by atoms with Gasteiger partial charge in [0.2, 0.25) is 0 Å². The molecule has 3 saturated heterocycles. The Bertz CT molecular complexity index is 4150. The average molecular weight is 1450 g/mol. The number of hydrogen-bond donors (Lipinski definition) is 1. The molecule has 98 heavy (non-hydrogen) atoms. The standard InChI is InChI=1S/2C25H27Cl2N3O3.C25H31Cl2N3O2/c2*1-28-12-10-17(11-13-28)29(2)25(32)24(31)23-18-6-4-5-7-20(18)30(3)21(23)15-33-22-9-8-16(26)14-19(22)27;1-28-12-10-18(11-13-28)29(2)15-23(31)25-19-6-4-5-7-21(19)30(3)22(25)16-32-24-9-8-17(26)14-20(24)27/h2*4-9,14,17H,10-13,15H2,1-3H3;4-9,14,18,23,31H,10-13,15-16H2,1-3H3. The summed E-state index contributed by atoms with van der Waals surface area (Å²) in [5.41, 5.74) is 6.66. The van der Waals surface area contributed by atoms with Crippen molar-refractivity contribution in [3.05, 3.63) is 191 Å². The van der Waals surface area contributed by atoms with Gasteiger partial charge in [0, 0.05) is 113 Å². The van der Waals surface area contributed by atoms with Crippen molar-refractivity contribution >= 4 is 126 Å². The maximum Gasteiger partial charge on any atom is 0.295 e. The van der Waals surface area contributed by atoms with Gasteiger partial charge in [0.15, 0.2) is 0 Å². The van der Waals surface area contributed by atoms with E-state index in [0.29, 0.717) is 89.1 Å². The fourth-order valence-electron chi connectivity index (χ4n) is 13.6. The number of aliphatic hydroxyl groups excluding tert-OH is 1. The van der Waals surface area contributed by atoms with Gasteiger partial charge in [-0.2, -0.15) is 0 Å². The number of aromatic nitrogens is 3. The highest BCUT2D eigenvalue weighted by Gasteiger charge is 2.35. The van der Waals surface area contributed by atoms with Gasteiger partial charge in [0.05, 0.1) is 49.4 Å². The Kier molecular flexibility index (Phi) is 24.9. The lowest BCUT2D eigenvalue weighted by Crippen LogP contribution is -2.46. The van der Waals surface area contributed by atoms with Crippen molar-refractivity contribution in [1.29, 1.82) is 0 Å². The number of rotatable bonds is 19. The van der Waals surface area contributed by atoms with Gasteiger partial charge in [-0.3, -0.25) is 19.2 Å². The number of piperidine rings is 3. The maximum atomic E-state index is 13.6. The Morgan fingerprint density at radius 1 is 0.439 bits per heavy atom. The molecule has 23 heteroatoms. The minimum absolute atomic E-state index is 0.0557. The molecular weight excluding hydrogens is 1370 g/mol. The predicted octanol–water partition coefficient (Wildman–Crippen LogP) is 14.7. The van der Waals surface area contributed by atoms with Crippen LogP contribution in [0.3, 0.4) is 0 Å². The first-order valence-corrected chi connectivity index (χ1v) is 35.2. The molecule has 3 aliphatic heterocycles. The molecule has 3 aromatic heterocycles. The van der Waals surface area contributed by atoms with Crippen molar-refractivity contribution in [1.82, 2.24) is 43.1 Å². The van der Waals surface area contributed by atoms with E-state index < -0.39 is 29.5 Å². The molecule has 6 heterocycles. The van der Waals surface area contributed by atoms with Crippen LogP contribution in [0.15, 0.2) is 127 Å². The molecule has 0 aliphatic carbocycles. The summed E-state index contributed by atoms with van der Waals surface area (Å²) >= 11 is 36.8. The molecule has 6 aromatic carbocycles. The van der Waals surface area contributed by atoms with Crippen LogP contribution >= 0.6 is 69.6 Å². The van der Waals surface area contributed by atoms with Crippen LogP contribution in [0.25, 0.3) is 32.7 Å². The summed E-state index contributed by atoms with van der Waals surface area (Å²) in [4.78, 5) is 66.0. The highest BCUT2D eigenvalue weighted by molar-refractivity contribution is 6.46. The average Bonchev–Trinajstić information content (AvgIpc) is 1.72. The Hall–Kier alpha value is -6.84. The fraction of sp³-hybridized carbons (Fsp3) is 0.387. The van der Waals surface area contributed by atoms with Crippen molar-refractivity contribution in [3.8, 4) is 17.2 Å². The Balaban J connectivity index is 0.000000159. The van der Waals surface area contributed by atoms with E-state index >= 15 is 0 Å². The molecule has 9 aromatic rings. The van der Waals surface area contributed by atoms with E-state index in [4.69, 9.17) is 83.8 Å². The summed E-state index contributed by atoms with van der Waals surface area (Å²) < 4.78 is 23.9. The van der Waals surface area contributed by atoms with Crippen LogP contribution in [-0.2, 0) is 50.6 Å². The Labute approximate surface area is 603 Å². The maximum absolute atomic E-state index is 13.6. The number of para-hydroxylation sites is 3. The van der Waals surface area contributed by atoms with E-state index in [1.54, 1.807) is 78.5 Å². The van der Waals surface area contributed by atoms with Crippen LogP contribution in [-0.4, -0.2) is 178 Å². The van der Waals surface area contributed by atoms with Gasteiger partial charge in [-0.05, 0) is 179 Å². The monoisotopic (exact) mass is 1450 g/mol. The van der Waals surface area contributed by atoms with E-state index in [1.165, 1.54) is 0 Å². The summed E-state index contributed by atoms with van der Waals surface area (Å²) in [5.74, 6) is -0.536. The lowest BCUT2D eigenvalue weighted by atomic mass is 10.0. The topological polar surface area (TPSA) is 150 Å². The van der Waals surface area contributed by atoms with E-state index in [9.17, 15) is 24.3 Å². The summed E-state index contributed by atoms with van der Waals surface area (Å²) in [6, 6.07) is 39.1. The van der Waals surface area contributed by atoms with Crippen molar-refractivity contribution in [3.63, 3.8) is 0 Å². The van der Waals surface area contributed by atoms with Gasteiger partial charge in [-0.1, -0.05) is 124 Å². The number of Topliss-reactive ketones (excluding diaryl/α,β-unsaturated/α-hetero) is 2. The number of halogens is 6. The molecule has 12 rings (SSSR count). The second-order valence-corrected chi connectivity index (χ2v) is 28.4. The Morgan fingerprint density at radius 2 is 0.745 bits per heavy atom. The number of benzene rings is 6. The number of carbonyl (C=O) groups is 4. The van der Waals surface area contributed by atoms with E-state index in [0.717, 1.165) is 122 Å². The van der Waals surface area contributed by atoms with Crippen molar-refractivity contribution < 1.29 is 38.5 Å². The zero-order valence-electron chi connectivity index (χ0n) is 56.8. The summed E-state index contributed by atoms with van der Waals surface area (Å²) in [5, 5.41) is 16.7. The normalized spacial score (nSPS) is 15.6. The molecule has 0 spiro atoms. The second-order valence-electron chi connectivity index (χ2n) is 25.9. The number of amides is 2. The highest BCUT2D eigenvalue weighted by atomic mass is 35.5. The third-order valence-electron chi connectivity index (χ3n) is 19.6. The molecule has 17 nitrogen and oxygen atoms in total. The quantitative estimate of drug-likeness (QED) is 0.0606. The molecular formula is C75H85Cl6N9O8. The van der Waals surface area contributed by atoms with E-state index in [2.05, 4.69) is 64.5 Å². The summed E-state index contributed by atoms with van der Waals surface area (Å²) in [7, 11) is 17.6. The molecule has 1 N–H and O–H groups in total. The number of carbonyl (C=O) groups excluding carboxylic acids is 4. The van der Waals surface area contributed by atoms with Gasteiger partial charge >= 0.3 is 0 Å². The Morgan fingerprint density at radius 3 is 1.10 bits per heavy atom. The number of likely N-dealkylation sites (N-methyl/N-ethyl adjacent to an activating group) is 3. The molecule has 1 atom stereocenters. The first-order chi connectivity index (χ1) is 46.9. The number of aryl methyl sites for hydroxylation is 3. The third-order valence-corrected chi connectivity index (χ3v) is 21.2. The minimum Gasteiger partial charge on any atom is -0.486 e. The van der Waals surface area contributed by atoms with Crippen LogP contribution < -0.4 is 14.2 Å². The van der Waals surface area contributed by atoms with Gasteiger partial charge in [0.25, 0.3) is 23.4 Å². The number of hydrogen-bond acceptors (Lipinski definition) is 12. The molecule has 0 bridgehead atoms. The minimum atomic E-state index is -0.620. The molecule has 3 aliphatic rings. The number of fused-ring (bicyclic) bond motifs is 3. The van der Waals surface area contributed by atoms with Crippen molar-refractivity contribution in [2.75, 3.05) is 88.1 Å². The van der Waals surface area contributed by atoms with Crippen LogP contribution in [0.4, 0.5) is 0 Å². The molecule has 2 amide bonds. The van der Waals surface area contributed by atoms with Gasteiger partial charge in [0.1, 0.15) is 37.1 Å². The van der Waals surface area contributed by atoms with Crippen LogP contribution in [0, 0.1) is 0 Å². The highest BCUT2D eigenvalue weighted by Crippen LogP contribution is 2.37. The van der Waals surface area contributed by atoms with Gasteiger partial charge in [-0.15, -0.1) is 0 Å². The van der Waals surface area contributed by atoms with E-state index in [-0.39, 0.29) is 25.3 Å². The molecule has 1 unspecified atom stereocenters. The lowest BCUT2D eigenvalue weighted by molar-refractivity contribution is -0.128. The number of nitrogens with zero attached hydrogens (tertiary/aromatic N) is 9. The predicted molar refractivity (Wildman–Crippen MR) is 394 cm³/mol. The van der Waals surface area contributed by atoms with Gasteiger partial charge < -0.3 is 62.4 Å². The SMILES string of the molecule is CN1CCC(N(C)C(=O)C(=O)c2c(COc3ccc(Cl)cc3Cl)n(C)c3ccccc23)CC1.CN1CCC(N(C)C(=O)C(=O)c2c(COc3ccc(Cl)cc3Cl)n(C)c3ccccc23)CC1.CN1CCC(N(C)CC(O)c2c(COc3ccc(Cl)cc3Cl)n(C)c3ccccc23)CC1. The first-order valence-electron chi connectivity index (χ1n) is 32.9. The van der Waals surface area contributed by atoms with Crippen LogP contribution in [0.5, 0.6) is 17.2 Å². The van der Waals surface area contributed by atoms with E-state index in [1.807, 2.05) is 90.9 Å². The zero-order valence-corrected chi connectivity index (χ0v) is 61.4. The van der Waals surface area contributed by atoms with Crippen molar-refractivity contribution in [2.45, 2.75) is 82.6 Å².